The summed E-state index contributed by atoms with van der Waals surface area (Å²) >= 11 is 1.40. The summed E-state index contributed by atoms with van der Waals surface area (Å²) in [5.41, 5.74) is 2.43. The van der Waals surface area contributed by atoms with Crippen molar-refractivity contribution in [3.63, 3.8) is 0 Å². The molecule has 20 heavy (non-hydrogen) atoms. The first-order valence-corrected chi connectivity index (χ1v) is 7.96. The molecule has 2 saturated heterocycles. The molecule has 4 heterocycles. The minimum atomic E-state index is -0.0824. The highest BCUT2D eigenvalue weighted by atomic mass is 32.1. The Balaban J connectivity index is 1.54. The summed E-state index contributed by atoms with van der Waals surface area (Å²) in [5.74, 6) is 0.761. The van der Waals surface area contributed by atoms with E-state index in [0.717, 1.165) is 37.8 Å². The third kappa shape index (κ3) is 2.15. The molecule has 2 aromatic rings. The van der Waals surface area contributed by atoms with Crippen molar-refractivity contribution >= 4 is 16.3 Å². The van der Waals surface area contributed by atoms with E-state index in [4.69, 9.17) is 0 Å². The maximum Gasteiger partial charge on any atom is 0.275 e. The number of hydrogen-bond donors (Lipinski definition) is 1. The predicted molar refractivity (Wildman–Crippen MR) is 76.9 cm³/mol. The average molecular weight is 291 g/mol. The second-order valence-corrected chi connectivity index (χ2v) is 6.49. The van der Waals surface area contributed by atoms with Crippen LogP contribution < -0.4 is 10.9 Å². The second-order valence-electron chi connectivity index (χ2n) is 5.68. The molecule has 6 nitrogen and oxygen atoms in total. The van der Waals surface area contributed by atoms with Crippen molar-refractivity contribution in [1.82, 2.24) is 24.8 Å². The zero-order valence-electron chi connectivity index (χ0n) is 11.2. The topological polar surface area (TPSA) is 62.5 Å². The zero-order valence-corrected chi connectivity index (χ0v) is 12.0. The number of likely N-dealkylation sites (tertiary alicyclic amines) is 1. The van der Waals surface area contributed by atoms with Gasteiger partial charge in [-0.05, 0) is 25.3 Å². The minimum Gasteiger partial charge on any atom is -0.312 e. The summed E-state index contributed by atoms with van der Waals surface area (Å²) in [7, 11) is 0. The molecule has 0 spiro atoms. The van der Waals surface area contributed by atoms with Crippen LogP contribution >= 0.6 is 11.3 Å². The first kappa shape index (κ1) is 12.4. The van der Waals surface area contributed by atoms with Crippen molar-refractivity contribution in [3.8, 4) is 0 Å². The molecule has 2 aliphatic heterocycles. The lowest BCUT2D eigenvalue weighted by molar-refractivity contribution is 0.309. The first-order chi connectivity index (χ1) is 9.79. The largest absolute Gasteiger partial charge is 0.312 e. The van der Waals surface area contributed by atoms with Gasteiger partial charge in [0.2, 0.25) is 4.96 Å². The maximum atomic E-state index is 11.9. The molecular weight excluding hydrogens is 274 g/mol. The fourth-order valence-corrected chi connectivity index (χ4v) is 4.02. The maximum absolute atomic E-state index is 11.9. The molecule has 0 bridgehead atoms. The second kappa shape index (κ2) is 4.91. The van der Waals surface area contributed by atoms with Crippen LogP contribution in [0.5, 0.6) is 0 Å². The van der Waals surface area contributed by atoms with Gasteiger partial charge in [-0.25, -0.2) is 4.98 Å². The van der Waals surface area contributed by atoms with E-state index in [1.165, 1.54) is 28.7 Å². The molecule has 0 unspecified atom stereocenters. The van der Waals surface area contributed by atoms with E-state index in [-0.39, 0.29) is 5.56 Å². The van der Waals surface area contributed by atoms with E-state index in [0.29, 0.717) is 11.0 Å². The Hall–Kier alpha value is -1.31. The lowest BCUT2D eigenvalue weighted by Gasteiger charge is -2.24. The zero-order chi connectivity index (χ0) is 13.5. The molecule has 1 N–H and O–H groups in total. The highest BCUT2D eigenvalue weighted by Crippen LogP contribution is 2.25. The van der Waals surface area contributed by atoms with Crippen LogP contribution in [0.2, 0.25) is 0 Å². The predicted octanol–water partition coefficient (Wildman–Crippen LogP) is 0.335. The van der Waals surface area contributed by atoms with E-state index in [2.05, 4.69) is 20.3 Å². The highest BCUT2D eigenvalue weighted by Gasteiger charge is 2.34. The summed E-state index contributed by atoms with van der Waals surface area (Å²) in [5, 5.41) is 7.58. The van der Waals surface area contributed by atoms with Crippen LogP contribution in [0.15, 0.2) is 16.4 Å². The number of nitrogens with one attached hydrogen (secondary N) is 1. The fourth-order valence-electron chi connectivity index (χ4n) is 3.38. The summed E-state index contributed by atoms with van der Waals surface area (Å²) in [6, 6.07) is 2.24. The summed E-state index contributed by atoms with van der Waals surface area (Å²) in [6.45, 7) is 4.08. The Kier molecular flexibility index (Phi) is 3.05. The highest BCUT2D eigenvalue weighted by molar-refractivity contribution is 7.14. The van der Waals surface area contributed by atoms with Gasteiger partial charge >= 0.3 is 0 Å². The Morgan fingerprint density at radius 3 is 3.30 bits per heavy atom. The SMILES string of the molecule is O=c1cc(CN2C[C@@H]3CCCN[C@@H]3C2)nc2scnn12. The van der Waals surface area contributed by atoms with E-state index >= 15 is 0 Å². The van der Waals surface area contributed by atoms with Gasteiger partial charge in [-0.1, -0.05) is 11.3 Å². The van der Waals surface area contributed by atoms with Gasteiger partial charge in [0.25, 0.3) is 5.56 Å². The van der Waals surface area contributed by atoms with Gasteiger partial charge in [-0.3, -0.25) is 9.69 Å². The van der Waals surface area contributed by atoms with Crippen LogP contribution in [0.3, 0.4) is 0 Å². The van der Waals surface area contributed by atoms with Gasteiger partial charge in [0.05, 0.1) is 5.69 Å². The third-order valence-corrected chi connectivity index (χ3v) is 4.98. The molecule has 2 aliphatic rings. The van der Waals surface area contributed by atoms with Crippen LogP contribution in [0, 0.1) is 5.92 Å². The molecule has 106 valence electrons. The molecule has 2 fully saturated rings. The molecule has 0 amide bonds. The molecule has 2 atom stereocenters. The fraction of sp³-hybridized carbons (Fsp3) is 0.615. The number of fused-ring (bicyclic) bond motifs is 2. The monoisotopic (exact) mass is 291 g/mol. The Bertz CT molecular complexity index is 667. The van der Waals surface area contributed by atoms with Crippen LogP contribution in [0.4, 0.5) is 0 Å². The number of piperidine rings is 1. The van der Waals surface area contributed by atoms with Gasteiger partial charge in [0, 0.05) is 31.7 Å². The average Bonchev–Trinajstić information content (AvgIpc) is 3.04. The lowest BCUT2D eigenvalue weighted by atomic mass is 9.94. The van der Waals surface area contributed by atoms with Crippen molar-refractivity contribution in [3.05, 3.63) is 27.6 Å². The molecule has 2 aromatic heterocycles. The summed E-state index contributed by atoms with van der Waals surface area (Å²) < 4.78 is 1.36. The van der Waals surface area contributed by atoms with Crippen molar-refractivity contribution in [1.29, 1.82) is 0 Å². The smallest absolute Gasteiger partial charge is 0.275 e. The van der Waals surface area contributed by atoms with Crippen LogP contribution in [0.25, 0.3) is 4.96 Å². The van der Waals surface area contributed by atoms with E-state index in [1.54, 1.807) is 11.6 Å². The van der Waals surface area contributed by atoms with Crippen LogP contribution in [-0.4, -0.2) is 45.2 Å². The van der Waals surface area contributed by atoms with Gasteiger partial charge < -0.3 is 5.32 Å². The molecule has 0 aliphatic carbocycles. The van der Waals surface area contributed by atoms with Gasteiger partial charge in [-0.15, -0.1) is 0 Å². The third-order valence-electron chi connectivity index (χ3n) is 4.30. The normalized spacial score (nSPS) is 27.0. The number of rotatable bonds is 2. The first-order valence-electron chi connectivity index (χ1n) is 7.08. The quantitative estimate of drug-likeness (QED) is 0.864. The van der Waals surface area contributed by atoms with Gasteiger partial charge in [-0.2, -0.15) is 9.61 Å². The molecule has 7 heteroatoms. The number of hydrogen-bond acceptors (Lipinski definition) is 6. The van der Waals surface area contributed by atoms with Crippen molar-refractivity contribution < 1.29 is 0 Å². The lowest BCUT2D eigenvalue weighted by Crippen LogP contribution is -2.40. The van der Waals surface area contributed by atoms with Crippen molar-refractivity contribution in [2.24, 2.45) is 5.92 Å². The summed E-state index contributed by atoms with van der Waals surface area (Å²) in [4.78, 5) is 19.5. The molecule has 4 rings (SSSR count). The van der Waals surface area contributed by atoms with Crippen molar-refractivity contribution in [2.75, 3.05) is 19.6 Å². The molecule has 0 saturated carbocycles. The number of nitrogens with zero attached hydrogens (tertiary/aromatic N) is 4. The van der Waals surface area contributed by atoms with Gasteiger partial charge in [0.1, 0.15) is 5.51 Å². The van der Waals surface area contributed by atoms with Crippen LogP contribution in [0.1, 0.15) is 18.5 Å². The van der Waals surface area contributed by atoms with E-state index in [9.17, 15) is 4.79 Å². The van der Waals surface area contributed by atoms with Gasteiger partial charge in [0.15, 0.2) is 0 Å². The van der Waals surface area contributed by atoms with E-state index < -0.39 is 0 Å². The molecular formula is C13H17N5OS. The van der Waals surface area contributed by atoms with Crippen molar-refractivity contribution in [2.45, 2.75) is 25.4 Å². The standard InChI is InChI=1S/C13H17N5OS/c19-12-4-10(16-13-18(12)15-8-20-13)6-17-5-9-2-1-3-14-11(9)7-17/h4,8-9,11,14H,1-3,5-7H2/t9-,11+/m0/s1. The Morgan fingerprint density at radius 1 is 1.45 bits per heavy atom. The Labute approximate surface area is 120 Å². The minimum absolute atomic E-state index is 0.0824. The molecule has 0 radical (unpaired) electrons. The van der Waals surface area contributed by atoms with E-state index in [1.807, 2.05) is 0 Å². The molecule has 0 aromatic carbocycles. The van der Waals surface area contributed by atoms with Crippen LogP contribution in [-0.2, 0) is 6.54 Å². The summed E-state index contributed by atoms with van der Waals surface area (Å²) in [6.07, 6.45) is 2.60. The Morgan fingerprint density at radius 2 is 2.40 bits per heavy atom. The number of aromatic nitrogens is 3.